The summed E-state index contributed by atoms with van der Waals surface area (Å²) >= 11 is 0. The van der Waals surface area contributed by atoms with Crippen LogP contribution in [0.2, 0.25) is 0 Å². The molecule has 62 valence electrons. The highest BCUT2D eigenvalue weighted by molar-refractivity contribution is 5.94. The first-order valence-corrected chi connectivity index (χ1v) is 4.02. The lowest BCUT2D eigenvalue weighted by atomic mass is 9.97. The highest BCUT2D eigenvalue weighted by atomic mass is 16.2. The van der Waals surface area contributed by atoms with E-state index in [4.69, 9.17) is 0 Å². The molecular formula is C9H10N2O. The predicted molar refractivity (Wildman–Crippen MR) is 45.7 cm³/mol. The van der Waals surface area contributed by atoms with Crippen LogP contribution in [0.15, 0.2) is 18.3 Å². The Hall–Kier alpha value is -1.38. The van der Waals surface area contributed by atoms with E-state index in [-0.39, 0.29) is 11.8 Å². The summed E-state index contributed by atoms with van der Waals surface area (Å²) in [6, 6.07) is 3.89. The van der Waals surface area contributed by atoms with Gasteiger partial charge in [-0.05, 0) is 18.1 Å². The molecule has 2 rings (SSSR count). The Morgan fingerprint density at radius 1 is 1.67 bits per heavy atom. The Kier molecular flexibility index (Phi) is 1.57. The van der Waals surface area contributed by atoms with Crippen LogP contribution in [0.4, 0.5) is 5.82 Å². The maximum atomic E-state index is 11.2. The highest BCUT2D eigenvalue weighted by Gasteiger charge is 2.22. The van der Waals surface area contributed by atoms with Crippen LogP contribution in [0.5, 0.6) is 0 Å². The maximum absolute atomic E-state index is 11.2. The number of amides is 1. The van der Waals surface area contributed by atoms with E-state index < -0.39 is 0 Å². The second-order valence-corrected chi connectivity index (χ2v) is 3.11. The van der Waals surface area contributed by atoms with E-state index in [2.05, 4.69) is 10.3 Å². The third kappa shape index (κ3) is 1.07. The number of pyridine rings is 1. The van der Waals surface area contributed by atoms with Gasteiger partial charge in [-0.1, -0.05) is 13.0 Å². The SMILES string of the molecule is CC1Cc2cccnc2NC1=O. The minimum Gasteiger partial charge on any atom is -0.310 e. The van der Waals surface area contributed by atoms with Crippen LogP contribution in [0.25, 0.3) is 0 Å². The number of carbonyl (C=O) groups is 1. The fourth-order valence-corrected chi connectivity index (χ4v) is 1.38. The zero-order valence-electron chi connectivity index (χ0n) is 6.87. The van der Waals surface area contributed by atoms with Gasteiger partial charge in [0, 0.05) is 12.1 Å². The van der Waals surface area contributed by atoms with Gasteiger partial charge in [-0.25, -0.2) is 4.98 Å². The fraction of sp³-hybridized carbons (Fsp3) is 0.333. The van der Waals surface area contributed by atoms with Gasteiger partial charge in [-0.15, -0.1) is 0 Å². The minimum atomic E-state index is 0.0706. The monoisotopic (exact) mass is 162 g/mol. The first-order valence-electron chi connectivity index (χ1n) is 4.02. The van der Waals surface area contributed by atoms with Gasteiger partial charge < -0.3 is 5.32 Å². The molecule has 1 aromatic rings. The molecule has 0 aromatic carbocycles. The van der Waals surface area contributed by atoms with Crippen molar-refractivity contribution in [3.8, 4) is 0 Å². The van der Waals surface area contributed by atoms with E-state index in [0.29, 0.717) is 0 Å². The van der Waals surface area contributed by atoms with Gasteiger partial charge in [0.25, 0.3) is 0 Å². The van der Waals surface area contributed by atoms with Crippen molar-refractivity contribution >= 4 is 11.7 Å². The van der Waals surface area contributed by atoms with Gasteiger partial charge in [-0.3, -0.25) is 4.79 Å². The Balaban J connectivity index is 2.40. The molecule has 0 saturated carbocycles. The summed E-state index contributed by atoms with van der Waals surface area (Å²) < 4.78 is 0. The molecule has 0 radical (unpaired) electrons. The zero-order chi connectivity index (χ0) is 8.55. The summed E-state index contributed by atoms with van der Waals surface area (Å²) in [6.45, 7) is 1.92. The molecule has 3 heteroatoms. The van der Waals surface area contributed by atoms with Crippen molar-refractivity contribution in [1.82, 2.24) is 4.98 Å². The quantitative estimate of drug-likeness (QED) is 0.623. The third-order valence-corrected chi connectivity index (χ3v) is 2.11. The average molecular weight is 162 g/mol. The average Bonchev–Trinajstić information content (AvgIpc) is 2.07. The number of nitrogens with zero attached hydrogens (tertiary/aromatic N) is 1. The maximum Gasteiger partial charge on any atom is 0.228 e. The lowest BCUT2D eigenvalue weighted by Crippen LogP contribution is -2.28. The summed E-state index contributed by atoms with van der Waals surface area (Å²) in [5.41, 5.74) is 1.13. The molecule has 1 aromatic heterocycles. The molecule has 1 unspecified atom stereocenters. The molecule has 2 heterocycles. The van der Waals surface area contributed by atoms with Crippen molar-refractivity contribution in [2.24, 2.45) is 5.92 Å². The van der Waals surface area contributed by atoms with Crippen LogP contribution in [0, 0.1) is 5.92 Å². The number of hydrogen-bond acceptors (Lipinski definition) is 2. The third-order valence-electron chi connectivity index (χ3n) is 2.11. The number of anilines is 1. The van der Waals surface area contributed by atoms with Crippen LogP contribution in [-0.2, 0) is 11.2 Å². The van der Waals surface area contributed by atoms with Gasteiger partial charge >= 0.3 is 0 Å². The smallest absolute Gasteiger partial charge is 0.228 e. The summed E-state index contributed by atoms with van der Waals surface area (Å²) in [6.07, 6.45) is 2.49. The molecule has 3 nitrogen and oxygen atoms in total. The Labute approximate surface area is 70.8 Å². The first kappa shape index (κ1) is 7.28. The molecule has 0 spiro atoms. The molecule has 0 fully saturated rings. The largest absolute Gasteiger partial charge is 0.310 e. The van der Waals surface area contributed by atoms with Crippen molar-refractivity contribution in [3.63, 3.8) is 0 Å². The van der Waals surface area contributed by atoms with E-state index >= 15 is 0 Å². The molecular weight excluding hydrogens is 152 g/mol. The molecule has 1 atom stereocenters. The van der Waals surface area contributed by atoms with Gasteiger partial charge in [0.2, 0.25) is 5.91 Å². The summed E-state index contributed by atoms with van der Waals surface area (Å²) in [4.78, 5) is 15.3. The van der Waals surface area contributed by atoms with E-state index in [1.165, 1.54) is 0 Å². The molecule has 1 amide bonds. The Bertz CT molecular complexity index is 322. The number of rotatable bonds is 0. The van der Waals surface area contributed by atoms with E-state index in [9.17, 15) is 4.79 Å². The molecule has 0 aliphatic carbocycles. The second kappa shape index (κ2) is 2.59. The van der Waals surface area contributed by atoms with Crippen LogP contribution in [0.1, 0.15) is 12.5 Å². The highest BCUT2D eigenvalue weighted by Crippen LogP contribution is 2.21. The summed E-state index contributed by atoms with van der Waals surface area (Å²) in [7, 11) is 0. The van der Waals surface area contributed by atoms with Crippen molar-refractivity contribution in [1.29, 1.82) is 0 Å². The summed E-state index contributed by atoms with van der Waals surface area (Å²) in [5, 5.41) is 2.76. The van der Waals surface area contributed by atoms with Gasteiger partial charge in [0.05, 0.1) is 0 Å². The van der Waals surface area contributed by atoms with Gasteiger partial charge in [0.1, 0.15) is 5.82 Å². The van der Waals surface area contributed by atoms with Crippen LogP contribution in [-0.4, -0.2) is 10.9 Å². The second-order valence-electron chi connectivity index (χ2n) is 3.11. The zero-order valence-corrected chi connectivity index (χ0v) is 6.87. The van der Waals surface area contributed by atoms with E-state index in [1.807, 2.05) is 19.1 Å². The molecule has 1 N–H and O–H groups in total. The number of nitrogens with one attached hydrogen (secondary N) is 1. The van der Waals surface area contributed by atoms with Crippen molar-refractivity contribution in [2.45, 2.75) is 13.3 Å². The topological polar surface area (TPSA) is 42.0 Å². The normalized spacial score (nSPS) is 21.4. The standard InChI is InChI=1S/C9H10N2O/c1-6-5-7-3-2-4-10-8(7)11-9(6)12/h2-4,6H,5H2,1H3,(H,10,11,12). The minimum absolute atomic E-state index is 0.0706. The molecule has 1 aliphatic heterocycles. The van der Waals surface area contributed by atoms with Crippen LogP contribution < -0.4 is 5.32 Å². The number of aromatic nitrogens is 1. The van der Waals surface area contributed by atoms with Gasteiger partial charge in [-0.2, -0.15) is 0 Å². The molecule has 0 bridgehead atoms. The van der Waals surface area contributed by atoms with Gasteiger partial charge in [0.15, 0.2) is 0 Å². The number of fused-ring (bicyclic) bond motifs is 1. The lowest BCUT2D eigenvalue weighted by Gasteiger charge is -2.19. The van der Waals surface area contributed by atoms with E-state index in [1.54, 1.807) is 6.20 Å². The Morgan fingerprint density at radius 2 is 2.50 bits per heavy atom. The molecule has 1 aliphatic rings. The number of carbonyl (C=O) groups excluding carboxylic acids is 1. The van der Waals surface area contributed by atoms with Crippen molar-refractivity contribution in [2.75, 3.05) is 5.32 Å². The molecule has 12 heavy (non-hydrogen) atoms. The lowest BCUT2D eigenvalue weighted by molar-refractivity contribution is -0.119. The van der Waals surface area contributed by atoms with E-state index in [0.717, 1.165) is 17.8 Å². The van der Waals surface area contributed by atoms with Crippen molar-refractivity contribution < 1.29 is 4.79 Å². The number of hydrogen-bond donors (Lipinski definition) is 1. The fourth-order valence-electron chi connectivity index (χ4n) is 1.38. The Morgan fingerprint density at radius 3 is 3.33 bits per heavy atom. The first-order chi connectivity index (χ1) is 5.77. The van der Waals surface area contributed by atoms with Crippen LogP contribution >= 0.6 is 0 Å². The summed E-state index contributed by atoms with van der Waals surface area (Å²) in [5.74, 6) is 0.864. The van der Waals surface area contributed by atoms with Crippen molar-refractivity contribution in [3.05, 3.63) is 23.9 Å². The molecule has 0 saturated heterocycles. The predicted octanol–water partition coefficient (Wildman–Crippen LogP) is 1.21. The van der Waals surface area contributed by atoms with Crippen LogP contribution in [0.3, 0.4) is 0 Å².